The third-order valence-corrected chi connectivity index (χ3v) is 3.36. The zero-order chi connectivity index (χ0) is 15.9. The highest BCUT2D eigenvalue weighted by atomic mass is 35.5. The molecule has 0 bridgehead atoms. The number of carbonyl (C=O) groups excluding carboxylic acids is 1. The predicted molar refractivity (Wildman–Crippen MR) is 88.2 cm³/mol. The maximum absolute atomic E-state index is 12.0. The number of amides is 1. The molecule has 0 unspecified atom stereocenters. The molecular weight excluding hydrogens is 325 g/mol. The van der Waals surface area contributed by atoms with Gasteiger partial charge >= 0.3 is 0 Å². The second-order valence-electron chi connectivity index (χ2n) is 4.46. The Hall–Kier alpha value is -1.82. The number of ether oxygens (including phenoxy) is 1. The molecule has 1 amide bonds. The van der Waals surface area contributed by atoms with Crippen molar-refractivity contribution in [1.29, 1.82) is 0 Å². The average molecular weight is 340 g/mol. The van der Waals surface area contributed by atoms with E-state index in [1.54, 1.807) is 37.6 Å². The van der Waals surface area contributed by atoms with Crippen molar-refractivity contribution in [2.45, 2.75) is 0 Å². The fourth-order valence-corrected chi connectivity index (χ4v) is 2.09. The quantitative estimate of drug-likeness (QED) is 0.790. The predicted octanol–water partition coefficient (Wildman–Crippen LogP) is 3.51. The van der Waals surface area contributed by atoms with Crippen molar-refractivity contribution >= 4 is 40.5 Å². The van der Waals surface area contributed by atoms with Gasteiger partial charge in [-0.2, -0.15) is 0 Å². The standard InChI is InChI=1S/C15H15Cl2N3O2/c1-22-5-4-19-15(21)10-6-12(9-18-8-10)20-14-7-11(16)2-3-13(14)17/h2-3,6-9,20H,4-5H2,1H3,(H,19,21). The van der Waals surface area contributed by atoms with E-state index in [0.717, 1.165) is 0 Å². The zero-order valence-electron chi connectivity index (χ0n) is 11.9. The van der Waals surface area contributed by atoms with Crippen molar-refractivity contribution in [3.63, 3.8) is 0 Å². The molecule has 5 nitrogen and oxygen atoms in total. The highest BCUT2D eigenvalue weighted by Gasteiger charge is 2.08. The van der Waals surface area contributed by atoms with Crippen LogP contribution < -0.4 is 10.6 Å². The van der Waals surface area contributed by atoms with E-state index in [-0.39, 0.29) is 5.91 Å². The van der Waals surface area contributed by atoms with Crippen molar-refractivity contribution in [3.8, 4) is 0 Å². The van der Waals surface area contributed by atoms with E-state index in [9.17, 15) is 4.79 Å². The number of aromatic nitrogens is 1. The molecular formula is C15H15Cl2N3O2. The summed E-state index contributed by atoms with van der Waals surface area (Å²) in [6.45, 7) is 0.891. The fraction of sp³-hybridized carbons (Fsp3) is 0.200. The van der Waals surface area contributed by atoms with Crippen LogP contribution in [-0.2, 0) is 4.74 Å². The summed E-state index contributed by atoms with van der Waals surface area (Å²) in [5.41, 5.74) is 1.73. The molecule has 0 aliphatic rings. The number of benzene rings is 1. The first-order valence-corrected chi connectivity index (χ1v) is 7.30. The van der Waals surface area contributed by atoms with Gasteiger partial charge in [0.25, 0.3) is 5.91 Å². The topological polar surface area (TPSA) is 63.2 Å². The molecule has 0 aliphatic heterocycles. The lowest BCUT2D eigenvalue weighted by Gasteiger charge is -2.10. The van der Waals surface area contributed by atoms with Gasteiger partial charge in [-0.25, -0.2) is 0 Å². The van der Waals surface area contributed by atoms with Crippen molar-refractivity contribution in [2.75, 3.05) is 25.6 Å². The van der Waals surface area contributed by atoms with Crippen LogP contribution in [0.2, 0.25) is 10.0 Å². The summed E-state index contributed by atoms with van der Waals surface area (Å²) >= 11 is 12.0. The number of halogens is 2. The molecule has 0 saturated carbocycles. The summed E-state index contributed by atoms with van der Waals surface area (Å²) in [4.78, 5) is 16.0. The van der Waals surface area contributed by atoms with Gasteiger partial charge in [-0.3, -0.25) is 9.78 Å². The summed E-state index contributed by atoms with van der Waals surface area (Å²) < 4.78 is 4.89. The highest BCUT2D eigenvalue weighted by Crippen LogP contribution is 2.28. The van der Waals surface area contributed by atoms with Crippen molar-refractivity contribution < 1.29 is 9.53 Å². The first-order chi connectivity index (χ1) is 10.6. The monoisotopic (exact) mass is 339 g/mol. The van der Waals surface area contributed by atoms with Gasteiger partial charge in [0.2, 0.25) is 0 Å². The van der Waals surface area contributed by atoms with Gasteiger partial charge in [0.1, 0.15) is 0 Å². The molecule has 2 N–H and O–H groups in total. The van der Waals surface area contributed by atoms with E-state index in [2.05, 4.69) is 15.6 Å². The normalized spacial score (nSPS) is 10.3. The minimum absolute atomic E-state index is 0.217. The van der Waals surface area contributed by atoms with Crippen molar-refractivity contribution in [3.05, 3.63) is 52.3 Å². The number of rotatable bonds is 6. The Morgan fingerprint density at radius 3 is 2.86 bits per heavy atom. The van der Waals surface area contributed by atoms with Crippen LogP contribution in [0.15, 0.2) is 36.7 Å². The highest BCUT2D eigenvalue weighted by molar-refractivity contribution is 6.35. The SMILES string of the molecule is COCCNC(=O)c1cncc(Nc2cc(Cl)ccc2Cl)c1. The van der Waals surface area contributed by atoms with E-state index in [4.69, 9.17) is 27.9 Å². The molecule has 0 radical (unpaired) electrons. The molecule has 1 aromatic heterocycles. The molecule has 0 fully saturated rings. The zero-order valence-corrected chi connectivity index (χ0v) is 13.4. The lowest BCUT2D eigenvalue weighted by molar-refractivity contribution is 0.0937. The molecule has 1 heterocycles. The second kappa shape index (κ2) is 7.98. The van der Waals surface area contributed by atoms with Crippen LogP contribution in [0, 0.1) is 0 Å². The smallest absolute Gasteiger partial charge is 0.253 e. The number of hydrogen-bond acceptors (Lipinski definition) is 4. The van der Waals surface area contributed by atoms with Gasteiger partial charge in [0, 0.05) is 24.9 Å². The van der Waals surface area contributed by atoms with E-state index < -0.39 is 0 Å². The van der Waals surface area contributed by atoms with Crippen LogP contribution in [0.5, 0.6) is 0 Å². The number of methoxy groups -OCH3 is 1. The molecule has 116 valence electrons. The third-order valence-electron chi connectivity index (χ3n) is 2.80. The molecule has 2 rings (SSSR count). The van der Waals surface area contributed by atoms with Gasteiger partial charge in [-0.1, -0.05) is 23.2 Å². The van der Waals surface area contributed by atoms with Crippen molar-refractivity contribution in [2.24, 2.45) is 0 Å². The number of nitrogens with one attached hydrogen (secondary N) is 2. The van der Waals surface area contributed by atoms with E-state index in [1.807, 2.05) is 0 Å². The van der Waals surface area contributed by atoms with Crippen LogP contribution in [0.1, 0.15) is 10.4 Å². The fourth-order valence-electron chi connectivity index (χ4n) is 1.75. The summed E-state index contributed by atoms with van der Waals surface area (Å²) in [7, 11) is 1.58. The number of hydrogen-bond donors (Lipinski definition) is 2. The second-order valence-corrected chi connectivity index (χ2v) is 5.30. The van der Waals surface area contributed by atoms with Crippen LogP contribution in [-0.4, -0.2) is 31.2 Å². The number of nitrogens with zero attached hydrogens (tertiary/aromatic N) is 1. The molecule has 0 atom stereocenters. The Kier molecular flexibility index (Phi) is 6.00. The van der Waals surface area contributed by atoms with Crippen molar-refractivity contribution in [1.82, 2.24) is 10.3 Å². The first-order valence-electron chi connectivity index (χ1n) is 6.54. The average Bonchev–Trinajstić information content (AvgIpc) is 2.51. The molecule has 1 aromatic carbocycles. The summed E-state index contributed by atoms with van der Waals surface area (Å²) in [5.74, 6) is -0.217. The largest absolute Gasteiger partial charge is 0.383 e. The first kappa shape index (κ1) is 16.5. The Bertz CT molecular complexity index is 665. The van der Waals surface area contributed by atoms with Gasteiger partial charge in [0.15, 0.2) is 0 Å². The van der Waals surface area contributed by atoms with E-state index in [1.165, 1.54) is 6.20 Å². The summed E-state index contributed by atoms with van der Waals surface area (Å²) in [6.07, 6.45) is 3.09. The van der Waals surface area contributed by atoms with Crippen LogP contribution in [0.3, 0.4) is 0 Å². The van der Waals surface area contributed by atoms with Gasteiger partial charge in [-0.15, -0.1) is 0 Å². The Morgan fingerprint density at radius 1 is 1.27 bits per heavy atom. The van der Waals surface area contributed by atoms with Gasteiger partial charge in [-0.05, 0) is 24.3 Å². The van der Waals surface area contributed by atoms with E-state index in [0.29, 0.717) is 40.1 Å². The third kappa shape index (κ3) is 4.59. The summed E-state index contributed by atoms with van der Waals surface area (Å²) in [6, 6.07) is 6.79. The van der Waals surface area contributed by atoms with Gasteiger partial charge < -0.3 is 15.4 Å². The van der Waals surface area contributed by atoms with Crippen LogP contribution >= 0.6 is 23.2 Å². The minimum atomic E-state index is -0.217. The minimum Gasteiger partial charge on any atom is -0.383 e. The Labute approximate surface area is 138 Å². The molecule has 7 heteroatoms. The maximum Gasteiger partial charge on any atom is 0.253 e. The Morgan fingerprint density at radius 2 is 2.09 bits per heavy atom. The van der Waals surface area contributed by atoms with E-state index >= 15 is 0 Å². The summed E-state index contributed by atoms with van der Waals surface area (Å²) in [5, 5.41) is 6.91. The van der Waals surface area contributed by atoms with Crippen LogP contribution in [0.4, 0.5) is 11.4 Å². The molecule has 0 aliphatic carbocycles. The lowest BCUT2D eigenvalue weighted by Crippen LogP contribution is -2.27. The molecule has 22 heavy (non-hydrogen) atoms. The number of anilines is 2. The lowest BCUT2D eigenvalue weighted by atomic mass is 10.2. The number of carbonyl (C=O) groups is 1. The Balaban J connectivity index is 2.11. The number of pyridine rings is 1. The van der Waals surface area contributed by atoms with Gasteiger partial charge in [0.05, 0.1) is 34.8 Å². The maximum atomic E-state index is 12.0. The van der Waals surface area contributed by atoms with Crippen LogP contribution in [0.25, 0.3) is 0 Å². The molecule has 0 spiro atoms. The molecule has 2 aromatic rings. The molecule has 0 saturated heterocycles.